The van der Waals surface area contributed by atoms with Gasteiger partial charge in [-0.05, 0) is 24.6 Å². The molecule has 34 heavy (non-hydrogen) atoms. The molecule has 4 aromatic rings. The molecule has 0 saturated heterocycles. The Morgan fingerprint density at radius 2 is 1.88 bits per heavy atom. The first-order valence-electron chi connectivity index (χ1n) is 10.6. The number of halogens is 1. The number of aromatic nitrogens is 4. The number of pyridine rings is 1. The van der Waals surface area contributed by atoms with Crippen LogP contribution in [0, 0.1) is 0 Å². The zero-order valence-electron chi connectivity index (χ0n) is 18.9. The Morgan fingerprint density at radius 3 is 2.62 bits per heavy atom. The third-order valence-electron chi connectivity index (χ3n) is 5.25. The summed E-state index contributed by atoms with van der Waals surface area (Å²) in [6, 6.07) is 9.94. The van der Waals surface area contributed by atoms with Gasteiger partial charge >= 0.3 is 6.01 Å². The number of sulfonamides is 1. The molecular formula is C23H24ClN5O4S. The van der Waals surface area contributed by atoms with Gasteiger partial charge in [-0.3, -0.25) is 9.52 Å². The summed E-state index contributed by atoms with van der Waals surface area (Å²) in [5, 5.41) is 1.27. The maximum Gasteiger partial charge on any atom is 0.324 e. The van der Waals surface area contributed by atoms with Crippen molar-refractivity contribution in [3.05, 3.63) is 64.2 Å². The highest BCUT2D eigenvalue weighted by atomic mass is 35.5. The van der Waals surface area contributed by atoms with Crippen LogP contribution in [0.3, 0.4) is 0 Å². The second-order valence-corrected chi connectivity index (χ2v) is 10.2. The average molecular weight is 502 g/mol. The molecule has 3 heterocycles. The maximum atomic E-state index is 12.5. The molecule has 0 spiro atoms. The van der Waals surface area contributed by atoms with Crippen molar-refractivity contribution >= 4 is 38.3 Å². The Labute approximate surface area is 202 Å². The Hall–Kier alpha value is -3.37. The summed E-state index contributed by atoms with van der Waals surface area (Å²) in [5.41, 5.74) is 1.53. The fraction of sp³-hybridized carbons (Fsp3) is 0.261. The molecule has 0 bridgehead atoms. The number of hydrogen-bond donors (Lipinski definition) is 1. The van der Waals surface area contributed by atoms with E-state index in [1.54, 1.807) is 25.4 Å². The van der Waals surface area contributed by atoms with E-state index < -0.39 is 10.0 Å². The van der Waals surface area contributed by atoms with Crippen LogP contribution < -0.4 is 15.0 Å². The first-order chi connectivity index (χ1) is 16.2. The minimum atomic E-state index is -3.62. The Balaban J connectivity index is 1.82. The van der Waals surface area contributed by atoms with Crippen LogP contribution in [0.5, 0.6) is 11.8 Å². The van der Waals surface area contributed by atoms with Crippen LogP contribution in [0.1, 0.15) is 19.8 Å². The molecular weight excluding hydrogens is 478 g/mol. The highest BCUT2D eigenvalue weighted by Gasteiger charge is 2.18. The van der Waals surface area contributed by atoms with Crippen LogP contribution in [0.15, 0.2) is 53.6 Å². The normalized spacial score (nSPS) is 11.6. The van der Waals surface area contributed by atoms with Crippen molar-refractivity contribution in [3.8, 4) is 23.0 Å². The van der Waals surface area contributed by atoms with Gasteiger partial charge in [0, 0.05) is 49.6 Å². The van der Waals surface area contributed by atoms with E-state index in [-0.39, 0.29) is 23.1 Å². The molecule has 0 radical (unpaired) electrons. The van der Waals surface area contributed by atoms with Crippen molar-refractivity contribution in [1.29, 1.82) is 0 Å². The summed E-state index contributed by atoms with van der Waals surface area (Å²) >= 11 is 6.44. The lowest BCUT2D eigenvalue weighted by Gasteiger charge is -2.13. The van der Waals surface area contributed by atoms with Crippen molar-refractivity contribution < 1.29 is 13.2 Å². The van der Waals surface area contributed by atoms with E-state index in [2.05, 4.69) is 14.7 Å². The zero-order chi connectivity index (χ0) is 24.5. The minimum Gasteiger partial charge on any atom is -0.420 e. The molecule has 3 aromatic heterocycles. The molecule has 9 nitrogen and oxygen atoms in total. The fourth-order valence-corrected chi connectivity index (χ4v) is 4.86. The highest BCUT2D eigenvalue weighted by Crippen LogP contribution is 2.37. The maximum absolute atomic E-state index is 12.5. The Morgan fingerprint density at radius 1 is 1.09 bits per heavy atom. The summed E-state index contributed by atoms with van der Waals surface area (Å²) in [7, 11) is -0.141. The summed E-state index contributed by atoms with van der Waals surface area (Å²) < 4.78 is 36.9. The lowest BCUT2D eigenvalue weighted by molar-refractivity contribution is 0.446. The quantitative estimate of drug-likeness (QED) is 0.385. The lowest BCUT2D eigenvalue weighted by Crippen LogP contribution is -2.18. The third-order valence-corrected chi connectivity index (χ3v) is 6.90. The number of ether oxygens (including phenoxy) is 1. The van der Waals surface area contributed by atoms with Crippen LogP contribution in [0.4, 0.5) is 5.82 Å². The molecule has 0 unspecified atom stereocenters. The van der Waals surface area contributed by atoms with Crippen LogP contribution in [0.25, 0.3) is 22.2 Å². The predicted molar refractivity (Wildman–Crippen MR) is 133 cm³/mol. The zero-order valence-corrected chi connectivity index (χ0v) is 20.5. The number of benzene rings is 1. The van der Waals surface area contributed by atoms with Crippen molar-refractivity contribution in [3.63, 3.8) is 0 Å². The number of nitrogens with one attached hydrogen (secondary N) is 1. The molecule has 1 N–H and O–H groups in total. The molecule has 0 saturated carbocycles. The smallest absolute Gasteiger partial charge is 0.324 e. The van der Waals surface area contributed by atoms with E-state index in [1.165, 1.54) is 16.7 Å². The van der Waals surface area contributed by atoms with Crippen LogP contribution in [0.2, 0.25) is 5.02 Å². The van der Waals surface area contributed by atoms with Gasteiger partial charge in [0.25, 0.3) is 0 Å². The van der Waals surface area contributed by atoms with E-state index in [9.17, 15) is 13.2 Å². The lowest BCUT2D eigenvalue weighted by atomic mass is 10.2. The highest BCUT2D eigenvalue weighted by molar-refractivity contribution is 7.92. The summed E-state index contributed by atoms with van der Waals surface area (Å²) in [4.78, 5) is 20.6. The van der Waals surface area contributed by atoms with Gasteiger partial charge < -0.3 is 13.9 Å². The first-order valence-corrected chi connectivity index (χ1v) is 12.7. The molecule has 4 rings (SSSR count). The molecule has 0 aliphatic carbocycles. The van der Waals surface area contributed by atoms with Crippen molar-refractivity contribution in [2.45, 2.75) is 19.8 Å². The number of nitrogens with zero attached hydrogens (tertiary/aromatic N) is 4. The van der Waals surface area contributed by atoms with Gasteiger partial charge in [-0.2, -0.15) is 9.97 Å². The fourth-order valence-electron chi connectivity index (χ4n) is 3.48. The number of hydrogen-bond acceptors (Lipinski definition) is 6. The summed E-state index contributed by atoms with van der Waals surface area (Å²) in [6.45, 7) is 1.91. The van der Waals surface area contributed by atoms with Crippen molar-refractivity contribution in [2.24, 2.45) is 14.1 Å². The van der Waals surface area contributed by atoms with Gasteiger partial charge in [-0.25, -0.2) is 8.42 Å². The minimum absolute atomic E-state index is 0.0344. The van der Waals surface area contributed by atoms with E-state index in [4.69, 9.17) is 16.3 Å². The number of anilines is 1. The second-order valence-electron chi connectivity index (χ2n) is 7.91. The SMILES string of the molecule is CCCCS(=O)(=O)Nc1cc(-c2ccc(=O)n(C)c2)nc(Oc2c(Cl)ccc3ccn(C)c23)n1. The molecule has 178 valence electrons. The first kappa shape index (κ1) is 23.8. The average Bonchev–Trinajstić information content (AvgIpc) is 3.16. The van der Waals surface area contributed by atoms with Gasteiger partial charge in [0.2, 0.25) is 15.6 Å². The second kappa shape index (κ2) is 9.47. The largest absolute Gasteiger partial charge is 0.420 e. The predicted octanol–water partition coefficient (Wildman–Crippen LogP) is 4.32. The van der Waals surface area contributed by atoms with Gasteiger partial charge in [-0.1, -0.05) is 31.0 Å². The van der Waals surface area contributed by atoms with Gasteiger partial charge in [0.05, 0.1) is 22.0 Å². The Kier molecular flexibility index (Phi) is 6.63. The molecule has 0 fully saturated rings. The summed E-state index contributed by atoms with van der Waals surface area (Å²) in [6.07, 6.45) is 4.74. The number of aryl methyl sites for hydroxylation is 2. The van der Waals surface area contributed by atoms with Crippen LogP contribution in [-0.2, 0) is 24.1 Å². The van der Waals surface area contributed by atoms with E-state index in [0.717, 1.165) is 17.3 Å². The van der Waals surface area contributed by atoms with E-state index in [0.29, 0.717) is 28.5 Å². The van der Waals surface area contributed by atoms with Crippen molar-refractivity contribution in [1.82, 2.24) is 19.1 Å². The van der Waals surface area contributed by atoms with Crippen LogP contribution >= 0.6 is 11.6 Å². The monoisotopic (exact) mass is 501 g/mol. The third kappa shape index (κ3) is 5.07. The van der Waals surface area contributed by atoms with E-state index in [1.807, 2.05) is 36.9 Å². The molecule has 0 aliphatic heterocycles. The molecule has 11 heteroatoms. The van der Waals surface area contributed by atoms with Crippen molar-refractivity contribution in [2.75, 3.05) is 10.5 Å². The number of rotatable bonds is 8. The number of unbranched alkanes of at least 4 members (excludes halogenated alkanes) is 1. The van der Waals surface area contributed by atoms with Gasteiger partial charge in [0.15, 0.2) is 5.75 Å². The van der Waals surface area contributed by atoms with Crippen LogP contribution in [-0.4, -0.2) is 33.3 Å². The molecule has 1 aromatic carbocycles. The topological polar surface area (TPSA) is 108 Å². The van der Waals surface area contributed by atoms with Gasteiger partial charge in [0.1, 0.15) is 5.82 Å². The van der Waals surface area contributed by atoms with Gasteiger partial charge in [-0.15, -0.1) is 0 Å². The van der Waals surface area contributed by atoms with E-state index >= 15 is 0 Å². The molecule has 0 aliphatic rings. The molecule has 0 atom stereocenters. The number of fused-ring (bicyclic) bond motifs is 1. The molecule has 0 amide bonds. The Bertz CT molecular complexity index is 1530. The summed E-state index contributed by atoms with van der Waals surface area (Å²) in [5.74, 6) is 0.372. The standard InChI is InChI=1S/C23H24ClN5O4S/c1-4-5-12-34(31,32)27-19-13-18(16-7-9-20(30)29(3)14-16)25-23(26-19)33-22-17(24)8-6-15-10-11-28(2)21(15)22/h6-11,13-14H,4-5,12H2,1-3H3,(H,25,26,27).